The highest BCUT2D eigenvalue weighted by Gasteiger charge is 2.10. The van der Waals surface area contributed by atoms with E-state index < -0.39 is 5.97 Å². The van der Waals surface area contributed by atoms with Crippen LogP contribution in [0.3, 0.4) is 0 Å². The second kappa shape index (κ2) is 17.8. The van der Waals surface area contributed by atoms with E-state index in [2.05, 4.69) is 6.92 Å². The summed E-state index contributed by atoms with van der Waals surface area (Å²) in [5.74, 6) is -0.0448. The molecule has 2 N–H and O–H groups in total. The van der Waals surface area contributed by atoms with Crippen molar-refractivity contribution in [3.63, 3.8) is 0 Å². The van der Waals surface area contributed by atoms with Crippen LogP contribution in [0.15, 0.2) is 0 Å². The molecule has 1 atom stereocenters. The van der Waals surface area contributed by atoms with Crippen LogP contribution >= 0.6 is 0 Å². The maximum Gasteiger partial charge on any atom is 0.303 e. The van der Waals surface area contributed by atoms with E-state index in [1.165, 1.54) is 77.0 Å². The smallest absolute Gasteiger partial charge is 0.303 e. The Labute approximate surface area is 143 Å². The second-order valence-corrected chi connectivity index (χ2v) is 6.99. The van der Waals surface area contributed by atoms with Gasteiger partial charge in [0.15, 0.2) is 0 Å². The van der Waals surface area contributed by atoms with E-state index in [0.717, 1.165) is 19.3 Å². The molecule has 0 amide bonds. The van der Waals surface area contributed by atoms with Gasteiger partial charge in [-0.05, 0) is 18.8 Å². The van der Waals surface area contributed by atoms with Gasteiger partial charge in [0, 0.05) is 13.0 Å². The Hall–Kier alpha value is -0.570. The standard InChI is InChI=1S/C20H40O3/c1-2-3-4-5-8-11-14-19(16-17-20(22)23)15-12-9-6-7-10-13-18-21/h19,21H,2-18H2,1H3,(H,22,23). The largest absolute Gasteiger partial charge is 0.481 e. The summed E-state index contributed by atoms with van der Waals surface area (Å²) in [5, 5.41) is 17.7. The number of aliphatic hydroxyl groups excluding tert-OH is 1. The molecule has 3 heteroatoms. The van der Waals surface area contributed by atoms with Gasteiger partial charge in [0.25, 0.3) is 0 Å². The molecular formula is C20H40O3. The predicted molar refractivity (Wildman–Crippen MR) is 97.8 cm³/mol. The zero-order chi connectivity index (χ0) is 17.2. The van der Waals surface area contributed by atoms with E-state index in [-0.39, 0.29) is 0 Å². The lowest BCUT2D eigenvalue weighted by atomic mass is 9.90. The van der Waals surface area contributed by atoms with E-state index in [4.69, 9.17) is 10.2 Å². The normalized spacial score (nSPS) is 12.4. The van der Waals surface area contributed by atoms with Crippen molar-refractivity contribution in [2.75, 3.05) is 6.61 Å². The summed E-state index contributed by atoms with van der Waals surface area (Å²) in [7, 11) is 0. The first kappa shape index (κ1) is 22.4. The number of rotatable bonds is 18. The third-order valence-corrected chi connectivity index (χ3v) is 4.75. The van der Waals surface area contributed by atoms with Crippen LogP contribution in [0.25, 0.3) is 0 Å². The van der Waals surface area contributed by atoms with Crippen LogP contribution in [-0.4, -0.2) is 22.8 Å². The Morgan fingerprint density at radius 3 is 1.70 bits per heavy atom. The molecule has 0 radical (unpaired) electrons. The molecule has 0 aliphatic carbocycles. The lowest BCUT2D eigenvalue weighted by molar-refractivity contribution is -0.137. The number of hydrogen-bond acceptors (Lipinski definition) is 2. The minimum atomic E-state index is -0.651. The molecule has 0 aromatic carbocycles. The van der Waals surface area contributed by atoms with E-state index in [9.17, 15) is 4.79 Å². The van der Waals surface area contributed by atoms with Gasteiger partial charge in [0.1, 0.15) is 0 Å². The van der Waals surface area contributed by atoms with Crippen molar-refractivity contribution < 1.29 is 15.0 Å². The number of carboxylic acid groups (broad SMARTS) is 1. The second-order valence-electron chi connectivity index (χ2n) is 6.99. The average molecular weight is 329 g/mol. The van der Waals surface area contributed by atoms with E-state index in [0.29, 0.717) is 18.9 Å². The molecule has 0 bridgehead atoms. The summed E-state index contributed by atoms with van der Waals surface area (Å²) in [6.45, 7) is 2.56. The van der Waals surface area contributed by atoms with Gasteiger partial charge in [-0.1, -0.05) is 90.4 Å². The van der Waals surface area contributed by atoms with Gasteiger partial charge < -0.3 is 10.2 Å². The fourth-order valence-electron chi connectivity index (χ4n) is 3.23. The van der Waals surface area contributed by atoms with Gasteiger partial charge in [-0.25, -0.2) is 0 Å². The van der Waals surface area contributed by atoms with Crippen molar-refractivity contribution in [1.29, 1.82) is 0 Å². The molecule has 0 heterocycles. The first-order chi connectivity index (χ1) is 11.2. The molecule has 0 aromatic heterocycles. The summed E-state index contributed by atoms with van der Waals surface area (Å²) in [4.78, 5) is 10.8. The van der Waals surface area contributed by atoms with Crippen LogP contribution < -0.4 is 0 Å². The molecule has 0 spiro atoms. The number of carbonyl (C=O) groups is 1. The molecule has 0 fully saturated rings. The molecule has 0 rings (SSSR count). The molecule has 23 heavy (non-hydrogen) atoms. The van der Waals surface area contributed by atoms with E-state index in [1.807, 2.05) is 0 Å². The maximum absolute atomic E-state index is 10.8. The minimum Gasteiger partial charge on any atom is -0.481 e. The summed E-state index contributed by atoms with van der Waals surface area (Å²) in [6, 6.07) is 0. The predicted octanol–water partition coefficient (Wildman–Crippen LogP) is 5.94. The quantitative estimate of drug-likeness (QED) is 0.306. The zero-order valence-corrected chi connectivity index (χ0v) is 15.4. The van der Waals surface area contributed by atoms with Crippen molar-refractivity contribution in [1.82, 2.24) is 0 Å². The summed E-state index contributed by atoms with van der Waals surface area (Å²) in [5.41, 5.74) is 0. The van der Waals surface area contributed by atoms with Gasteiger partial charge >= 0.3 is 5.97 Å². The van der Waals surface area contributed by atoms with Gasteiger partial charge in [0.2, 0.25) is 0 Å². The summed E-state index contributed by atoms with van der Waals surface area (Å²) in [6.07, 6.45) is 18.5. The van der Waals surface area contributed by atoms with Crippen molar-refractivity contribution in [3.05, 3.63) is 0 Å². The molecule has 1 unspecified atom stereocenters. The number of hydrogen-bond donors (Lipinski definition) is 2. The molecule has 0 aliphatic rings. The molecule has 3 nitrogen and oxygen atoms in total. The molecule has 138 valence electrons. The first-order valence-corrected chi connectivity index (χ1v) is 10.0. The Kier molecular flexibility index (Phi) is 17.3. The number of unbranched alkanes of at least 4 members (excludes halogenated alkanes) is 10. The van der Waals surface area contributed by atoms with Crippen LogP contribution in [0.4, 0.5) is 0 Å². The summed E-state index contributed by atoms with van der Waals surface area (Å²) < 4.78 is 0. The van der Waals surface area contributed by atoms with Crippen LogP contribution in [-0.2, 0) is 4.79 Å². The fourth-order valence-corrected chi connectivity index (χ4v) is 3.23. The Morgan fingerprint density at radius 2 is 1.22 bits per heavy atom. The highest BCUT2D eigenvalue weighted by Crippen LogP contribution is 2.23. The lowest BCUT2D eigenvalue weighted by Gasteiger charge is -2.16. The van der Waals surface area contributed by atoms with Crippen molar-refractivity contribution in [2.45, 2.75) is 110 Å². The number of carboxylic acids is 1. The molecule has 0 aromatic rings. The maximum atomic E-state index is 10.8. The van der Waals surface area contributed by atoms with Crippen molar-refractivity contribution >= 4 is 5.97 Å². The Balaban J connectivity index is 3.71. The van der Waals surface area contributed by atoms with E-state index in [1.54, 1.807) is 0 Å². The number of aliphatic hydroxyl groups is 1. The van der Waals surface area contributed by atoms with Crippen LogP contribution in [0.1, 0.15) is 110 Å². The van der Waals surface area contributed by atoms with Crippen molar-refractivity contribution in [3.8, 4) is 0 Å². The average Bonchev–Trinajstić information content (AvgIpc) is 2.53. The van der Waals surface area contributed by atoms with Crippen LogP contribution in [0, 0.1) is 5.92 Å². The van der Waals surface area contributed by atoms with Crippen molar-refractivity contribution in [2.24, 2.45) is 5.92 Å². The van der Waals surface area contributed by atoms with Gasteiger partial charge in [-0.15, -0.1) is 0 Å². The Morgan fingerprint density at radius 1 is 0.739 bits per heavy atom. The minimum absolute atomic E-state index is 0.315. The Bertz CT molecular complexity index is 253. The topological polar surface area (TPSA) is 57.5 Å². The highest BCUT2D eigenvalue weighted by atomic mass is 16.4. The SMILES string of the molecule is CCCCCCCCC(CCCCCCCCO)CCC(=O)O. The molecule has 0 saturated carbocycles. The third kappa shape index (κ3) is 17.6. The lowest BCUT2D eigenvalue weighted by Crippen LogP contribution is -2.05. The zero-order valence-electron chi connectivity index (χ0n) is 15.4. The van der Waals surface area contributed by atoms with Crippen LogP contribution in [0.5, 0.6) is 0 Å². The molecular weight excluding hydrogens is 288 g/mol. The van der Waals surface area contributed by atoms with Gasteiger partial charge in [-0.2, -0.15) is 0 Å². The van der Waals surface area contributed by atoms with E-state index >= 15 is 0 Å². The number of aliphatic carboxylic acids is 1. The fraction of sp³-hybridized carbons (Fsp3) is 0.950. The monoisotopic (exact) mass is 328 g/mol. The first-order valence-electron chi connectivity index (χ1n) is 10.0. The van der Waals surface area contributed by atoms with Gasteiger partial charge in [-0.3, -0.25) is 4.79 Å². The van der Waals surface area contributed by atoms with Gasteiger partial charge in [0.05, 0.1) is 0 Å². The molecule has 0 saturated heterocycles. The highest BCUT2D eigenvalue weighted by molar-refractivity contribution is 5.66. The summed E-state index contributed by atoms with van der Waals surface area (Å²) >= 11 is 0. The molecule has 0 aliphatic heterocycles. The third-order valence-electron chi connectivity index (χ3n) is 4.75. The van der Waals surface area contributed by atoms with Crippen LogP contribution in [0.2, 0.25) is 0 Å².